The van der Waals surface area contributed by atoms with E-state index in [4.69, 9.17) is 4.42 Å². The molecule has 0 aliphatic heterocycles. The van der Waals surface area contributed by atoms with Crippen molar-refractivity contribution in [1.29, 1.82) is 0 Å². The van der Waals surface area contributed by atoms with Gasteiger partial charge in [0.2, 0.25) is 0 Å². The molecule has 1 N–H and O–H groups in total. The van der Waals surface area contributed by atoms with E-state index >= 15 is 0 Å². The lowest BCUT2D eigenvalue weighted by Gasteiger charge is -2.05. The first kappa shape index (κ1) is 17.8. The molecule has 0 aliphatic rings. The number of hydrogen-bond donors (Lipinski definition) is 1. The molecule has 0 saturated heterocycles. The van der Waals surface area contributed by atoms with E-state index in [1.54, 1.807) is 24.0 Å². The number of thioether (sulfide) groups is 1. The van der Waals surface area contributed by atoms with Crippen molar-refractivity contribution in [3.8, 4) is 0 Å². The number of anilines is 1. The molecule has 0 atom stereocenters. The van der Waals surface area contributed by atoms with E-state index in [2.05, 4.69) is 32.3 Å². The Balaban J connectivity index is 1.40. The number of rotatable bonds is 5. The molecule has 0 radical (unpaired) electrons. The van der Waals surface area contributed by atoms with Crippen LogP contribution in [-0.2, 0) is 5.75 Å². The highest BCUT2D eigenvalue weighted by Gasteiger charge is 2.12. The second kappa shape index (κ2) is 7.98. The Kier molecular flexibility index (Phi) is 5.27. The van der Waals surface area contributed by atoms with Crippen molar-refractivity contribution in [3.05, 3.63) is 88.9 Å². The number of furan rings is 1. The Bertz CT molecular complexity index is 1080. The van der Waals surface area contributed by atoms with Gasteiger partial charge in [-0.15, -0.1) is 11.8 Å². The van der Waals surface area contributed by atoms with Crippen LogP contribution >= 0.6 is 27.7 Å². The Morgan fingerprint density at radius 2 is 1.96 bits per heavy atom. The van der Waals surface area contributed by atoms with Crippen LogP contribution in [0.4, 0.5) is 5.69 Å². The molecule has 0 aliphatic carbocycles. The fraction of sp³-hybridized carbons (Fsp3) is 0.0476. The van der Waals surface area contributed by atoms with Crippen LogP contribution in [-0.4, -0.2) is 10.9 Å². The summed E-state index contributed by atoms with van der Waals surface area (Å²) in [5.74, 6) is 0.880. The van der Waals surface area contributed by atoms with Gasteiger partial charge in [-0.1, -0.05) is 22.0 Å². The third kappa shape index (κ3) is 4.40. The maximum absolute atomic E-state index is 12.4. The molecule has 134 valence electrons. The van der Waals surface area contributed by atoms with E-state index in [-0.39, 0.29) is 11.7 Å². The first-order valence-electron chi connectivity index (χ1n) is 8.29. The Morgan fingerprint density at radius 1 is 1.11 bits per heavy atom. The molecule has 4 aromatic rings. The summed E-state index contributed by atoms with van der Waals surface area (Å²) in [4.78, 5) is 17.7. The van der Waals surface area contributed by atoms with E-state index in [1.807, 2.05) is 54.7 Å². The second-order valence-corrected chi connectivity index (χ2v) is 7.89. The zero-order chi connectivity index (χ0) is 18.6. The predicted octanol–water partition coefficient (Wildman–Crippen LogP) is 6.13. The summed E-state index contributed by atoms with van der Waals surface area (Å²) in [7, 11) is 0. The van der Waals surface area contributed by atoms with Gasteiger partial charge in [-0.05, 0) is 60.2 Å². The van der Waals surface area contributed by atoms with Gasteiger partial charge in [-0.25, -0.2) is 0 Å². The molecule has 4 rings (SSSR count). The van der Waals surface area contributed by atoms with Crippen LogP contribution in [0, 0.1) is 0 Å². The fourth-order valence-corrected chi connectivity index (χ4v) is 3.81. The van der Waals surface area contributed by atoms with Crippen molar-refractivity contribution in [3.63, 3.8) is 0 Å². The number of amides is 1. The molecule has 0 bridgehead atoms. The molecule has 2 aromatic carbocycles. The zero-order valence-electron chi connectivity index (χ0n) is 14.2. The van der Waals surface area contributed by atoms with Gasteiger partial charge >= 0.3 is 0 Å². The molecular weight excluding hydrogens is 424 g/mol. The molecule has 1 amide bonds. The van der Waals surface area contributed by atoms with Gasteiger partial charge < -0.3 is 9.73 Å². The molecule has 0 fully saturated rings. The van der Waals surface area contributed by atoms with Gasteiger partial charge in [0.1, 0.15) is 5.58 Å². The van der Waals surface area contributed by atoms with Crippen molar-refractivity contribution in [2.24, 2.45) is 0 Å². The molecule has 6 heteroatoms. The molecule has 0 spiro atoms. The van der Waals surface area contributed by atoms with Crippen LogP contribution in [0.5, 0.6) is 0 Å². The molecular formula is C21H15BrN2O2S. The summed E-state index contributed by atoms with van der Waals surface area (Å²) in [5, 5.41) is 3.76. The maximum Gasteiger partial charge on any atom is 0.291 e. The lowest BCUT2D eigenvalue weighted by Crippen LogP contribution is -2.10. The van der Waals surface area contributed by atoms with Crippen molar-refractivity contribution in [2.75, 3.05) is 5.32 Å². The highest BCUT2D eigenvalue weighted by atomic mass is 79.9. The first-order chi connectivity index (χ1) is 13.2. The number of nitrogens with one attached hydrogen (secondary N) is 1. The SMILES string of the molecule is O=C(Nc1ccc(SCc2cccnc2)cc1)c1cc2cc(Br)ccc2o1. The minimum atomic E-state index is -0.266. The average molecular weight is 439 g/mol. The summed E-state index contributed by atoms with van der Waals surface area (Å²) >= 11 is 5.15. The molecule has 0 unspecified atom stereocenters. The molecule has 0 saturated carbocycles. The van der Waals surface area contributed by atoms with Crippen LogP contribution in [0.15, 0.2) is 86.8 Å². The predicted molar refractivity (Wildman–Crippen MR) is 112 cm³/mol. The van der Waals surface area contributed by atoms with Gasteiger partial charge in [-0.2, -0.15) is 0 Å². The van der Waals surface area contributed by atoms with Crippen LogP contribution < -0.4 is 5.32 Å². The van der Waals surface area contributed by atoms with Crippen molar-refractivity contribution < 1.29 is 9.21 Å². The zero-order valence-corrected chi connectivity index (χ0v) is 16.6. The van der Waals surface area contributed by atoms with E-state index in [1.165, 1.54) is 5.56 Å². The van der Waals surface area contributed by atoms with Gasteiger partial charge in [-0.3, -0.25) is 9.78 Å². The van der Waals surface area contributed by atoms with Crippen molar-refractivity contribution in [2.45, 2.75) is 10.6 Å². The van der Waals surface area contributed by atoms with Crippen LogP contribution in [0.2, 0.25) is 0 Å². The quantitative estimate of drug-likeness (QED) is 0.380. The summed E-state index contributed by atoms with van der Waals surface area (Å²) in [6, 6.07) is 19.1. The number of benzene rings is 2. The first-order valence-corrected chi connectivity index (χ1v) is 10.1. The molecule has 4 nitrogen and oxygen atoms in total. The minimum Gasteiger partial charge on any atom is -0.451 e. The summed E-state index contributed by atoms with van der Waals surface area (Å²) in [5.41, 5.74) is 2.59. The highest BCUT2D eigenvalue weighted by Crippen LogP contribution is 2.26. The Morgan fingerprint density at radius 3 is 2.74 bits per heavy atom. The number of halogens is 1. The number of carbonyl (C=O) groups excluding carboxylic acids is 1. The van der Waals surface area contributed by atoms with E-state index < -0.39 is 0 Å². The average Bonchev–Trinajstić information content (AvgIpc) is 3.11. The third-order valence-electron chi connectivity index (χ3n) is 3.94. The van der Waals surface area contributed by atoms with Crippen LogP contribution in [0.25, 0.3) is 11.0 Å². The van der Waals surface area contributed by atoms with Gasteiger partial charge in [0, 0.05) is 38.6 Å². The Labute approximate surface area is 169 Å². The third-order valence-corrected chi connectivity index (χ3v) is 5.52. The summed E-state index contributed by atoms with van der Waals surface area (Å²) in [6.07, 6.45) is 3.64. The monoisotopic (exact) mass is 438 g/mol. The number of hydrogen-bond acceptors (Lipinski definition) is 4. The topological polar surface area (TPSA) is 55.1 Å². The lowest BCUT2D eigenvalue weighted by atomic mass is 10.2. The van der Waals surface area contributed by atoms with Crippen molar-refractivity contribution >= 4 is 50.3 Å². The smallest absolute Gasteiger partial charge is 0.291 e. The highest BCUT2D eigenvalue weighted by molar-refractivity contribution is 9.10. The fourth-order valence-electron chi connectivity index (χ4n) is 2.60. The van der Waals surface area contributed by atoms with Crippen molar-refractivity contribution in [1.82, 2.24) is 4.98 Å². The maximum atomic E-state index is 12.4. The minimum absolute atomic E-state index is 0.266. The largest absolute Gasteiger partial charge is 0.451 e. The normalized spacial score (nSPS) is 10.9. The van der Waals surface area contributed by atoms with E-state index in [0.29, 0.717) is 5.58 Å². The number of pyridine rings is 1. The van der Waals surface area contributed by atoms with Gasteiger partial charge in [0.25, 0.3) is 5.91 Å². The summed E-state index contributed by atoms with van der Waals surface area (Å²) in [6.45, 7) is 0. The van der Waals surface area contributed by atoms with Gasteiger partial charge in [0.15, 0.2) is 5.76 Å². The van der Waals surface area contributed by atoms with Crippen LogP contribution in [0.3, 0.4) is 0 Å². The number of fused-ring (bicyclic) bond motifs is 1. The number of carbonyl (C=O) groups is 1. The molecule has 27 heavy (non-hydrogen) atoms. The standard InChI is InChI=1S/C21H15BrN2O2S/c22-16-3-8-19-15(10-16)11-20(26-19)21(25)24-17-4-6-18(7-5-17)27-13-14-2-1-9-23-12-14/h1-12H,13H2,(H,24,25). The van der Waals surface area contributed by atoms with E-state index in [9.17, 15) is 4.79 Å². The molecule has 2 aromatic heterocycles. The molecule has 2 heterocycles. The summed E-state index contributed by atoms with van der Waals surface area (Å²) < 4.78 is 6.57. The van der Waals surface area contributed by atoms with Crippen LogP contribution in [0.1, 0.15) is 16.1 Å². The number of nitrogens with zero attached hydrogens (tertiary/aromatic N) is 1. The van der Waals surface area contributed by atoms with E-state index in [0.717, 1.165) is 26.2 Å². The number of aromatic nitrogens is 1. The second-order valence-electron chi connectivity index (χ2n) is 5.92. The lowest BCUT2D eigenvalue weighted by molar-refractivity contribution is 0.0998. The Hall–Kier alpha value is -2.57. The van der Waals surface area contributed by atoms with Gasteiger partial charge in [0.05, 0.1) is 0 Å².